The predicted octanol–water partition coefficient (Wildman–Crippen LogP) is 5.62. The summed E-state index contributed by atoms with van der Waals surface area (Å²) in [6.45, 7) is 12.8. The second kappa shape index (κ2) is 10.00. The Labute approximate surface area is 132 Å². The minimum atomic E-state index is 0.602. The van der Waals surface area contributed by atoms with Crippen LogP contribution in [0.25, 0.3) is 0 Å². The van der Waals surface area contributed by atoms with Gasteiger partial charge in [0.15, 0.2) is 0 Å². The van der Waals surface area contributed by atoms with Gasteiger partial charge < -0.3 is 5.32 Å². The molecule has 0 amide bonds. The van der Waals surface area contributed by atoms with E-state index in [0.29, 0.717) is 17.9 Å². The van der Waals surface area contributed by atoms with Crippen LogP contribution in [0.4, 0.5) is 0 Å². The third-order valence-corrected chi connectivity index (χ3v) is 4.59. The van der Waals surface area contributed by atoms with Gasteiger partial charge in [0, 0.05) is 12.0 Å². The first kappa shape index (κ1) is 18.2. The first-order valence-corrected chi connectivity index (χ1v) is 8.88. The molecular formula is C20H35N. The van der Waals surface area contributed by atoms with Crippen LogP contribution in [0.3, 0.4) is 0 Å². The highest BCUT2D eigenvalue weighted by atomic mass is 14.9. The monoisotopic (exact) mass is 289 g/mol. The lowest BCUT2D eigenvalue weighted by atomic mass is 9.78. The molecule has 0 fully saturated rings. The van der Waals surface area contributed by atoms with Crippen LogP contribution in [0.15, 0.2) is 30.3 Å². The van der Waals surface area contributed by atoms with Crippen LogP contribution in [0.1, 0.15) is 71.8 Å². The summed E-state index contributed by atoms with van der Waals surface area (Å²) in [5.74, 6) is 2.12. The molecule has 1 N–H and O–H groups in total. The van der Waals surface area contributed by atoms with Crippen LogP contribution in [0.5, 0.6) is 0 Å². The molecule has 1 aromatic rings. The van der Waals surface area contributed by atoms with Gasteiger partial charge in [-0.1, -0.05) is 71.4 Å². The zero-order valence-corrected chi connectivity index (χ0v) is 14.7. The van der Waals surface area contributed by atoms with Gasteiger partial charge in [-0.25, -0.2) is 0 Å². The van der Waals surface area contributed by atoms with Crippen molar-refractivity contribution in [3.8, 4) is 0 Å². The summed E-state index contributed by atoms with van der Waals surface area (Å²) in [5.41, 5.74) is 1.50. The van der Waals surface area contributed by atoms with Crippen molar-refractivity contribution in [1.82, 2.24) is 5.32 Å². The number of hydrogen-bond acceptors (Lipinski definition) is 1. The average molecular weight is 290 g/mol. The molecule has 0 saturated carbocycles. The van der Waals surface area contributed by atoms with Gasteiger partial charge in [0.25, 0.3) is 0 Å². The van der Waals surface area contributed by atoms with E-state index in [9.17, 15) is 0 Å². The Morgan fingerprint density at radius 3 is 2.14 bits per heavy atom. The van der Waals surface area contributed by atoms with Gasteiger partial charge in [-0.2, -0.15) is 0 Å². The Balaban J connectivity index is 2.93. The second-order valence-electron chi connectivity index (χ2n) is 6.85. The summed E-state index contributed by atoms with van der Waals surface area (Å²) in [7, 11) is 0. The average Bonchev–Trinajstić information content (AvgIpc) is 2.50. The van der Waals surface area contributed by atoms with E-state index in [0.717, 1.165) is 12.5 Å². The van der Waals surface area contributed by atoms with Crippen molar-refractivity contribution >= 4 is 0 Å². The normalized spacial score (nSPS) is 15.9. The Hall–Kier alpha value is -0.820. The summed E-state index contributed by atoms with van der Waals surface area (Å²) in [6, 6.07) is 11.7. The zero-order chi connectivity index (χ0) is 15.7. The van der Waals surface area contributed by atoms with Crippen molar-refractivity contribution in [2.24, 2.45) is 11.8 Å². The Morgan fingerprint density at radius 2 is 1.62 bits per heavy atom. The van der Waals surface area contributed by atoms with E-state index < -0.39 is 0 Å². The van der Waals surface area contributed by atoms with E-state index >= 15 is 0 Å². The molecule has 1 aromatic carbocycles. The molecule has 0 heterocycles. The van der Waals surface area contributed by atoms with E-state index in [4.69, 9.17) is 0 Å². The summed E-state index contributed by atoms with van der Waals surface area (Å²) < 4.78 is 0. The maximum atomic E-state index is 3.84. The maximum absolute atomic E-state index is 3.84. The van der Waals surface area contributed by atoms with Crippen molar-refractivity contribution < 1.29 is 0 Å². The van der Waals surface area contributed by atoms with Gasteiger partial charge in [-0.05, 0) is 43.2 Å². The van der Waals surface area contributed by atoms with Gasteiger partial charge >= 0.3 is 0 Å². The number of nitrogens with one attached hydrogen (secondary N) is 1. The van der Waals surface area contributed by atoms with Crippen LogP contribution in [0.2, 0.25) is 0 Å². The molecule has 0 aliphatic heterocycles. The molecule has 3 atom stereocenters. The van der Waals surface area contributed by atoms with E-state index in [1.165, 1.54) is 31.2 Å². The van der Waals surface area contributed by atoms with Crippen molar-refractivity contribution in [1.29, 1.82) is 0 Å². The van der Waals surface area contributed by atoms with E-state index in [2.05, 4.69) is 70.3 Å². The quantitative estimate of drug-likeness (QED) is 0.589. The molecule has 0 spiro atoms. The highest BCUT2D eigenvalue weighted by Crippen LogP contribution is 2.32. The predicted molar refractivity (Wildman–Crippen MR) is 94.8 cm³/mol. The fraction of sp³-hybridized carbons (Fsp3) is 0.700. The second-order valence-corrected chi connectivity index (χ2v) is 6.85. The highest BCUT2D eigenvalue weighted by Gasteiger charge is 2.26. The van der Waals surface area contributed by atoms with Crippen LogP contribution in [-0.4, -0.2) is 12.6 Å². The van der Waals surface area contributed by atoms with Crippen LogP contribution in [-0.2, 0) is 0 Å². The highest BCUT2D eigenvalue weighted by molar-refractivity contribution is 5.22. The van der Waals surface area contributed by atoms with Crippen LogP contribution >= 0.6 is 0 Å². The molecule has 1 nitrogen and oxygen atoms in total. The van der Waals surface area contributed by atoms with Crippen molar-refractivity contribution in [2.45, 2.75) is 72.3 Å². The summed E-state index contributed by atoms with van der Waals surface area (Å²) in [5, 5.41) is 3.84. The topological polar surface area (TPSA) is 12.0 Å². The fourth-order valence-electron chi connectivity index (χ4n) is 3.14. The third kappa shape index (κ3) is 6.22. The molecule has 21 heavy (non-hydrogen) atoms. The largest absolute Gasteiger partial charge is 0.313 e. The minimum Gasteiger partial charge on any atom is -0.313 e. The molecule has 0 radical (unpaired) electrons. The molecule has 0 aromatic heterocycles. The number of rotatable bonds is 10. The van der Waals surface area contributed by atoms with Crippen molar-refractivity contribution in [3.63, 3.8) is 0 Å². The molecule has 0 aliphatic rings. The summed E-state index contributed by atoms with van der Waals surface area (Å²) in [6.07, 6.45) is 5.04. The Morgan fingerprint density at radius 1 is 0.952 bits per heavy atom. The maximum Gasteiger partial charge on any atom is 0.0138 e. The van der Waals surface area contributed by atoms with Crippen LogP contribution < -0.4 is 5.32 Å². The molecule has 1 heteroatoms. The number of hydrogen-bond donors (Lipinski definition) is 1. The van der Waals surface area contributed by atoms with Gasteiger partial charge in [0.05, 0.1) is 0 Å². The lowest BCUT2D eigenvalue weighted by Crippen LogP contribution is -2.38. The van der Waals surface area contributed by atoms with E-state index in [1.807, 2.05) is 0 Å². The minimum absolute atomic E-state index is 0.602. The SMILES string of the molecule is CCCNC(CCC(C)C)C(c1ccccc1)C(C)CC. The smallest absolute Gasteiger partial charge is 0.0138 e. The van der Waals surface area contributed by atoms with Crippen LogP contribution in [0, 0.1) is 11.8 Å². The molecule has 0 bridgehead atoms. The molecular weight excluding hydrogens is 254 g/mol. The summed E-state index contributed by atoms with van der Waals surface area (Å²) >= 11 is 0. The summed E-state index contributed by atoms with van der Waals surface area (Å²) in [4.78, 5) is 0. The van der Waals surface area contributed by atoms with Crippen molar-refractivity contribution in [3.05, 3.63) is 35.9 Å². The standard InChI is InChI=1S/C20H35N/c1-6-15-21-19(14-13-16(3)4)20(17(5)7-2)18-11-9-8-10-12-18/h8-12,16-17,19-21H,6-7,13-15H2,1-5H3. The molecule has 1 rings (SSSR count). The van der Waals surface area contributed by atoms with E-state index in [-0.39, 0.29) is 0 Å². The van der Waals surface area contributed by atoms with Gasteiger partial charge in [-0.3, -0.25) is 0 Å². The zero-order valence-electron chi connectivity index (χ0n) is 14.7. The Bertz CT molecular complexity index is 357. The fourth-order valence-corrected chi connectivity index (χ4v) is 3.14. The molecule has 3 unspecified atom stereocenters. The first-order valence-electron chi connectivity index (χ1n) is 8.88. The number of benzene rings is 1. The van der Waals surface area contributed by atoms with E-state index in [1.54, 1.807) is 0 Å². The molecule has 120 valence electrons. The van der Waals surface area contributed by atoms with Crippen molar-refractivity contribution in [2.75, 3.05) is 6.54 Å². The first-order chi connectivity index (χ1) is 10.1. The lowest BCUT2D eigenvalue weighted by molar-refractivity contribution is 0.306. The van der Waals surface area contributed by atoms with Gasteiger partial charge in [-0.15, -0.1) is 0 Å². The molecule has 0 aliphatic carbocycles. The van der Waals surface area contributed by atoms with Gasteiger partial charge in [0.2, 0.25) is 0 Å². The Kier molecular flexibility index (Phi) is 8.68. The van der Waals surface area contributed by atoms with Gasteiger partial charge in [0.1, 0.15) is 0 Å². The third-order valence-electron chi connectivity index (χ3n) is 4.59. The molecule has 0 saturated heterocycles. The lowest BCUT2D eigenvalue weighted by Gasteiger charge is -2.33.